The van der Waals surface area contributed by atoms with E-state index < -0.39 is 5.41 Å². The summed E-state index contributed by atoms with van der Waals surface area (Å²) < 4.78 is 0. The third-order valence-corrected chi connectivity index (χ3v) is 4.70. The first-order valence-corrected chi connectivity index (χ1v) is 8.51. The highest BCUT2D eigenvalue weighted by Gasteiger charge is 2.57. The van der Waals surface area contributed by atoms with Crippen LogP contribution in [0.5, 0.6) is 0 Å². The molecule has 1 aromatic carbocycles. The first kappa shape index (κ1) is 17.6. The molecule has 132 valence electrons. The van der Waals surface area contributed by atoms with E-state index in [0.717, 1.165) is 12.0 Å². The van der Waals surface area contributed by atoms with E-state index in [1.165, 1.54) is 0 Å². The van der Waals surface area contributed by atoms with E-state index >= 15 is 0 Å². The van der Waals surface area contributed by atoms with E-state index in [9.17, 15) is 9.59 Å². The van der Waals surface area contributed by atoms with Crippen molar-refractivity contribution in [1.29, 1.82) is 5.26 Å². The predicted octanol–water partition coefficient (Wildman–Crippen LogP) is 2.37. The maximum atomic E-state index is 12.8. The zero-order chi connectivity index (χ0) is 18.6. The Hall–Kier alpha value is -3.20. The number of carbonyl (C=O) groups excluding carboxylic acids is 2. The molecule has 1 aliphatic rings. The van der Waals surface area contributed by atoms with Gasteiger partial charge in [-0.05, 0) is 61.2 Å². The smallest absolute Gasteiger partial charge is 0.240 e. The van der Waals surface area contributed by atoms with Gasteiger partial charge in [-0.2, -0.15) is 5.26 Å². The lowest BCUT2D eigenvalue weighted by molar-refractivity contribution is -0.141. The van der Waals surface area contributed by atoms with Crippen molar-refractivity contribution in [3.05, 3.63) is 59.9 Å². The summed E-state index contributed by atoms with van der Waals surface area (Å²) in [6, 6.07) is 12.5. The molecule has 1 fully saturated rings. The van der Waals surface area contributed by atoms with Crippen LogP contribution >= 0.6 is 0 Å². The van der Waals surface area contributed by atoms with Gasteiger partial charge in [-0.1, -0.05) is 0 Å². The van der Waals surface area contributed by atoms with E-state index in [1.54, 1.807) is 48.6 Å². The molecule has 1 N–H and O–H groups in total. The number of anilines is 1. The highest BCUT2D eigenvalue weighted by atomic mass is 16.2. The van der Waals surface area contributed by atoms with Crippen LogP contribution in [0.3, 0.4) is 0 Å². The SMILES string of the molecule is CN(CCc1ccncc1)C(=O)C1(C(=O)Nc2ccc(C#N)cc2)CC1. The largest absolute Gasteiger partial charge is 0.344 e. The van der Waals surface area contributed by atoms with Gasteiger partial charge < -0.3 is 10.2 Å². The molecule has 6 heteroatoms. The molecule has 1 saturated carbocycles. The van der Waals surface area contributed by atoms with Crippen LogP contribution < -0.4 is 5.32 Å². The van der Waals surface area contributed by atoms with Crippen LogP contribution in [0.25, 0.3) is 0 Å². The number of nitrogens with one attached hydrogen (secondary N) is 1. The third-order valence-electron chi connectivity index (χ3n) is 4.70. The number of amides is 2. The van der Waals surface area contributed by atoms with Crippen LogP contribution in [0, 0.1) is 16.7 Å². The summed E-state index contributed by atoms with van der Waals surface area (Å²) in [6.45, 7) is 0.550. The van der Waals surface area contributed by atoms with Crippen molar-refractivity contribution >= 4 is 17.5 Å². The number of nitrogens with zero attached hydrogens (tertiary/aromatic N) is 3. The summed E-state index contributed by atoms with van der Waals surface area (Å²) in [5, 5.41) is 11.6. The molecule has 2 amide bonds. The average molecular weight is 348 g/mol. The molecular formula is C20H20N4O2. The molecule has 26 heavy (non-hydrogen) atoms. The Bertz CT molecular complexity index is 836. The van der Waals surface area contributed by atoms with Gasteiger partial charge in [-0.25, -0.2) is 0 Å². The summed E-state index contributed by atoms with van der Waals surface area (Å²) in [4.78, 5) is 31.0. The Labute approximate surface area is 152 Å². The summed E-state index contributed by atoms with van der Waals surface area (Å²) in [6.07, 6.45) is 5.30. The van der Waals surface area contributed by atoms with Crippen molar-refractivity contribution in [3.8, 4) is 6.07 Å². The summed E-state index contributed by atoms with van der Waals surface area (Å²) >= 11 is 0. The molecule has 2 aromatic rings. The highest BCUT2D eigenvalue weighted by Crippen LogP contribution is 2.48. The molecule has 1 aliphatic carbocycles. The van der Waals surface area contributed by atoms with Crippen LogP contribution in [0.15, 0.2) is 48.8 Å². The Morgan fingerprint density at radius 2 is 1.85 bits per heavy atom. The Morgan fingerprint density at radius 3 is 2.42 bits per heavy atom. The first-order valence-electron chi connectivity index (χ1n) is 8.51. The second-order valence-electron chi connectivity index (χ2n) is 6.56. The number of hydrogen-bond acceptors (Lipinski definition) is 4. The topological polar surface area (TPSA) is 86.1 Å². The molecule has 0 unspecified atom stereocenters. The summed E-state index contributed by atoms with van der Waals surface area (Å²) in [7, 11) is 1.73. The van der Waals surface area contributed by atoms with Gasteiger partial charge in [0.1, 0.15) is 5.41 Å². The van der Waals surface area contributed by atoms with Crippen LogP contribution in [-0.2, 0) is 16.0 Å². The van der Waals surface area contributed by atoms with Crippen LogP contribution in [0.1, 0.15) is 24.0 Å². The van der Waals surface area contributed by atoms with Crippen LogP contribution in [-0.4, -0.2) is 35.3 Å². The van der Waals surface area contributed by atoms with E-state index in [4.69, 9.17) is 5.26 Å². The molecule has 0 saturated heterocycles. The number of nitriles is 1. The fraction of sp³-hybridized carbons (Fsp3) is 0.300. The highest BCUT2D eigenvalue weighted by molar-refractivity contribution is 6.12. The van der Waals surface area contributed by atoms with Gasteiger partial charge in [0.25, 0.3) is 0 Å². The number of hydrogen-bond donors (Lipinski definition) is 1. The first-order chi connectivity index (χ1) is 12.5. The molecule has 1 heterocycles. The molecule has 3 rings (SSSR count). The van der Waals surface area contributed by atoms with Gasteiger partial charge >= 0.3 is 0 Å². The molecule has 0 bridgehead atoms. The van der Waals surface area contributed by atoms with Gasteiger partial charge in [0.05, 0.1) is 11.6 Å². The molecule has 0 aliphatic heterocycles. The van der Waals surface area contributed by atoms with E-state index in [1.807, 2.05) is 18.2 Å². The van der Waals surface area contributed by atoms with Crippen molar-refractivity contribution in [1.82, 2.24) is 9.88 Å². The molecule has 1 aromatic heterocycles. The predicted molar refractivity (Wildman–Crippen MR) is 97.0 cm³/mol. The minimum Gasteiger partial charge on any atom is -0.344 e. The van der Waals surface area contributed by atoms with E-state index in [-0.39, 0.29) is 11.8 Å². The number of rotatable bonds is 6. The number of carbonyl (C=O) groups is 2. The Kier molecular flexibility index (Phi) is 4.99. The van der Waals surface area contributed by atoms with Crippen LogP contribution in [0.4, 0.5) is 5.69 Å². The Morgan fingerprint density at radius 1 is 1.19 bits per heavy atom. The minimum absolute atomic E-state index is 0.141. The number of likely N-dealkylation sites (N-methyl/N-ethyl adjacent to an activating group) is 1. The summed E-state index contributed by atoms with van der Waals surface area (Å²) in [5.74, 6) is -0.416. The lowest BCUT2D eigenvalue weighted by atomic mass is 10.0. The van der Waals surface area contributed by atoms with Crippen molar-refractivity contribution < 1.29 is 9.59 Å². The molecule has 0 spiro atoms. The fourth-order valence-electron chi connectivity index (χ4n) is 2.86. The number of benzene rings is 1. The van der Waals surface area contributed by atoms with Crippen molar-refractivity contribution in [2.75, 3.05) is 18.9 Å². The summed E-state index contributed by atoms with van der Waals surface area (Å²) in [5.41, 5.74) is 1.26. The number of pyridine rings is 1. The van der Waals surface area contributed by atoms with Gasteiger partial charge in [0.2, 0.25) is 11.8 Å². The quantitative estimate of drug-likeness (QED) is 0.812. The maximum Gasteiger partial charge on any atom is 0.240 e. The number of aromatic nitrogens is 1. The Balaban J connectivity index is 1.60. The molecule has 0 atom stereocenters. The van der Waals surface area contributed by atoms with E-state index in [0.29, 0.717) is 30.6 Å². The maximum absolute atomic E-state index is 12.8. The van der Waals surface area contributed by atoms with Crippen molar-refractivity contribution in [2.45, 2.75) is 19.3 Å². The lowest BCUT2D eigenvalue weighted by Crippen LogP contribution is -2.41. The average Bonchev–Trinajstić information content (AvgIpc) is 3.49. The molecule has 6 nitrogen and oxygen atoms in total. The molecule has 0 radical (unpaired) electrons. The minimum atomic E-state index is -0.957. The monoisotopic (exact) mass is 348 g/mol. The zero-order valence-electron chi connectivity index (χ0n) is 14.6. The zero-order valence-corrected chi connectivity index (χ0v) is 14.6. The van der Waals surface area contributed by atoms with E-state index in [2.05, 4.69) is 10.3 Å². The van der Waals surface area contributed by atoms with Crippen molar-refractivity contribution in [3.63, 3.8) is 0 Å². The standard InChI is InChI=1S/C20H20N4O2/c1-24(13-8-15-6-11-22-12-7-15)19(26)20(9-10-20)18(25)23-17-4-2-16(14-21)3-5-17/h2-7,11-12H,8-10,13H2,1H3,(H,23,25). The van der Waals surface area contributed by atoms with Crippen LogP contribution in [0.2, 0.25) is 0 Å². The van der Waals surface area contributed by atoms with Gasteiger partial charge in [-0.3, -0.25) is 14.6 Å². The lowest BCUT2D eigenvalue weighted by Gasteiger charge is -2.23. The second-order valence-corrected chi connectivity index (χ2v) is 6.56. The van der Waals surface area contributed by atoms with Gasteiger partial charge in [-0.15, -0.1) is 0 Å². The second kappa shape index (κ2) is 7.36. The van der Waals surface area contributed by atoms with Gasteiger partial charge in [0.15, 0.2) is 0 Å². The normalized spacial score (nSPS) is 14.2. The fourth-order valence-corrected chi connectivity index (χ4v) is 2.86. The molecular weight excluding hydrogens is 328 g/mol. The third kappa shape index (κ3) is 3.72. The van der Waals surface area contributed by atoms with Crippen molar-refractivity contribution in [2.24, 2.45) is 5.41 Å². The van der Waals surface area contributed by atoms with Gasteiger partial charge in [0, 0.05) is 31.7 Å².